The summed E-state index contributed by atoms with van der Waals surface area (Å²) in [6, 6.07) is 0. The summed E-state index contributed by atoms with van der Waals surface area (Å²) in [6.45, 7) is 0. The fraction of sp³-hybridized carbons (Fsp3) is 0.167. The smallest absolute Gasteiger partial charge is 0.550 e. The summed E-state index contributed by atoms with van der Waals surface area (Å²) in [4.78, 5) is 59.3. The number of rotatable bonds is 8. The Bertz CT molecular complexity index is 572. The number of carbonyl (C=O) groups is 6. The minimum atomic E-state index is -1.87. The summed E-state index contributed by atoms with van der Waals surface area (Å²) in [7, 11) is 0. The third-order valence-corrected chi connectivity index (χ3v) is 1.78. The van der Waals surface area contributed by atoms with E-state index in [0.29, 0.717) is 0 Å². The second kappa shape index (κ2) is 20.3. The first kappa shape index (κ1) is 37.4. The van der Waals surface area contributed by atoms with Crippen LogP contribution in [-0.2, 0) is 28.8 Å². The van der Waals surface area contributed by atoms with Gasteiger partial charge in [0.1, 0.15) is 0 Å². The Labute approximate surface area is 227 Å². The molecule has 0 heterocycles. The van der Waals surface area contributed by atoms with Crippen molar-refractivity contribution in [1.82, 2.24) is 0 Å². The maximum absolute atomic E-state index is 10.0. The van der Waals surface area contributed by atoms with Crippen LogP contribution in [0.3, 0.4) is 0 Å². The van der Waals surface area contributed by atoms with E-state index in [-0.39, 0.29) is 111 Å². The van der Waals surface area contributed by atoms with Gasteiger partial charge in [-0.1, -0.05) is 0 Å². The van der Waals surface area contributed by atoms with Crippen molar-refractivity contribution in [2.45, 2.75) is 12.8 Å². The van der Waals surface area contributed by atoms with E-state index in [1.54, 1.807) is 0 Å². The topological polar surface area (TPSA) is 241 Å². The maximum Gasteiger partial charge on any atom is 2.00 e. The molecule has 0 radical (unpaired) electrons. The quantitative estimate of drug-likeness (QED) is 0.249. The maximum atomic E-state index is 10.0. The molecule has 0 aliphatic rings. The van der Waals surface area contributed by atoms with Crippen LogP contribution in [0.1, 0.15) is 12.8 Å². The van der Waals surface area contributed by atoms with Gasteiger partial charge in [0, 0.05) is 24.8 Å². The number of hydrogen-bond acceptors (Lipinski definition) is 12. The van der Waals surface area contributed by atoms with Gasteiger partial charge in [-0.2, -0.15) is 0 Å². The second-order valence-corrected chi connectivity index (χ2v) is 3.65. The molecule has 0 aromatic carbocycles. The van der Waals surface area contributed by atoms with Gasteiger partial charge in [-0.15, -0.1) is 0 Å². The van der Waals surface area contributed by atoms with Gasteiger partial charge in [0.15, 0.2) is 0 Å². The van der Waals surface area contributed by atoms with Crippen molar-refractivity contribution in [2.24, 2.45) is 0 Å². The molecule has 0 rings (SSSR count). The number of carboxylic acid groups (broad SMARTS) is 6. The van der Waals surface area contributed by atoms with Crippen molar-refractivity contribution in [2.75, 3.05) is 0 Å². The first-order valence-corrected chi connectivity index (χ1v) is 5.52. The first-order valence-electron chi connectivity index (χ1n) is 5.52. The van der Waals surface area contributed by atoms with E-state index >= 15 is 0 Å². The second-order valence-electron chi connectivity index (χ2n) is 3.65. The largest absolute Gasteiger partial charge is 2.00 e. The first-order chi connectivity index (χ1) is 10.9. The van der Waals surface area contributed by atoms with Crippen LogP contribution in [0.15, 0.2) is 23.3 Å². The van der Waals surface area contributed by atoms with Crippen LogP contribution in [0.4, 0.5) is 0 Å². The van der Waals surface area contributed by atoms with Gasteiger partial charge < -0.3 is 59.4 Å². The Kier molecular flexibility index (Phi) is 28.1. The van der Waals surface area contributed by atoms with E-state index in [1.165, 1.54) is 0 Å². The molecule has 0 saturated heterocycles. The molecule has 0 spiro atoms. The van der Waals surface area contributed by atoms with E-state index in [4.69, 9.17) is 0 Å². The minimum absolute atomic E-state index is 0. The molecule has 0 aromatic rings. The van der Waals surface area contributed by atoms with Gasteiger partial charge in [0.25, 0.3) is 0 Å². The Morgan fingerprint density at radius 2 is 0.778 bits per heavy atom. The molecule has 0 aromatic heterocycles. The summed E-state index contributed by atoms with van der Waals surface area (Å²) in [5.74, 6) is -10.7. The summed E-state index contributed by atoms with van der Waals surface area (Å²) in [5.41, 5.74) is -1.79. The molecule has 0 unspecified atom stereocenters. The average molecular weight is 447 g/mol. The molecule has 0 atom stereocenters. The van der Waals surface area contributed by atoms with Crippen molar-refractivity contribution in [1.29, 1.82) is 0 Å². The predicted octanol–water partition coefficient (Wildman–Crippen LogP) is -10.0. The zero-order valence-corrected chi connectivity index (χ0v) is 19.4. The van der Waals surface area contributed by atoms with Crippen LogP contribution < -0.4 is 30.6 Å². The third kappa shape index (κ3) is 25.6. The Hall–Kier alpha value is -0.414. The summed E-state index contributed by atoms with van der Waals surface area (Å²) >= 11 is 0. The molecule has 132 valence electrons. The molecule has 0 aliphatic heterocycles. The fourth-order valence-electron chi connectivity index (χ4n) is 0.960. The number of hydrogen-bond donors (Lipinski definition) is 0. The Balaban J connectivity index is -0.000000108. The summed E-state index contributed by atoms with van der Waals surface area (Å²) in [5, 5.41) is 59.3. The van der Waals surface area contributed by atoms with Crippen LogP contribution in [0, 0.1) is 0 Å². The molecule has 27 heavy (non-hydrogen) atoms. The standard InChI is InChI=1S/2C6H6O6.2Ca.Mg/c2*7-4(8)1-3(6(11)12)2-5(9)10;;;/h2*1H,2H2,(H,7,8)(H,9,10)(H,11,12);;;/q;;3*+2/p-6. The van der Waals surface area contributed by atoms with E-state index in [9.17, 15) is 59.4 Å². The fourth-order valence-corrected chi connectivity index (χ4v) is 0.960. The van der Waals surface area contributed by atoms with E-state index in [1.807, 2.05) is 0 Å². The van der Waals surface area contributed by atoms with E-state index < -0.39 is 59.8 Å². The average Bonchev–Trinajstić information content (AvgIpc) is 2.35. The number of aliphatic carboxylic acids is 6. The normalized spacial score (nSPS) is 9.63. The molecule has 0 amide bonds. The number of carboxylic acids is 6. The van der Waals surface area contributed by atoms with Crippen LogP contribution in [0.5, 0.6) is 0 Å². The Morgan fingerprint density at radius 1 is 0.556 bits per heavy atom. The van der Waals surface area contributed by atoms with Crippen molar-refractivity contribution < 1.29 is 59.4 Å². The van der Waals surface area contributed by atoms with E-state index in [0.717, 1.165) is 0 Å². The van der Waals surface area contributed by atoms with Gasteiger partial charge in [-0.25, -0.2) is 0 Å². The van der Waals surface area contributed by atoms with Gasteiger partial charge in [0.2, 0.25) is 0 Å². The molecule has 0 fully saturated rings. The minimum Gasteiger partial charge on any atom is -0.550 e. The molecule has 0 bridgehead atoms. The number of carbonyl (C=O) groups excluding carboxylic acids is 6. The van der Waals surface area contributed by atoms with Gasteiger partial charge in [0.05, 0.1) is 23.9 Å². The molecular formula is C12H6Ca2MgO12. The van der Waals surface area contributed by atoms with Gasteiger partial charge in [-0.05, 0) is 23.3 Å². The van der Waals surface area contributed by atoms with Crippen molar-refractivity contribution in [3.63, 3.8) is 0 Å². The molecule has 0 aliphatic carbocycles. The van der Waals surface area contributed by atoms with Crippen LogP contribution in [0.25, 0.3) is 0 Å². The molecule has 15 heteroatoms. The molecule has 12 nitrogen and oxygen atoms in total. The summed E-state index contributed by atoms with van der Waals surface area (Å²) < 4.78 is 0. The molecule has 0 N–H and O–H groups in total. The third-order valence-electron chi connectivity index (χ3n) is 1.78. The van der Waals surface area contributed by atoms with Crippen molar-refractivity contribution in [3.8, 4) is 0 Å². The predicted molar refractivity (Wildman–Crippen MR) is 72.7 cm³/mol. The van der Waals surface area contributed by atoms with Gasteiger partial charge >= 0.3 is 98.5 Å². The Morgan fingerprint density at radius 3 is 0.889 bits per heavy atom. The molecular weight excluding hydrogens is 441 g/mol. The van der Waals surface area contributed by atoms with Gasteiger partial charge in [-0.3, -0.25) is 0 Å². The zero-order chi connectivity index (χ0) is 19.4. The zero-order valence-electron chi connectivity index (χ0n) is 13.6. The van der Waals surface area contributed by atoms with E-state index in [2.05, 4.69) is 0 Å². The van der Waals surface area contributed by atoms with Crippen LogP contribution in [-0.4, -0.2) is 134 Å². The van der Waals surface area contributed by atoms with Crippen LogP contribution >= 0.6 is 0 Å². The van der Waals surface area contributed by atoms with Crippen molar-refractivity contribution >= 4 is 134 Å². The van der Waals surface area contributed by atoms with Crippen molar-refractivity contribution in [3.05, 3.63) is 23.3 Å². The summed E-state index contributed by atoms with van der Waals surface area (Å²) in [6.07, 6.45) is -1.75. The monoisotopic (exact) mass is 446 g/mol. The molecule has 0 saturated carbocycles. The SMILES string of the molecule is O=C([O-])C=C(CC(=O)[O-])C(=O)[O-].O=C([O-])C=C(CC(=O)[O-])C(=O)[O-].[Ca+2].[Ca+2].[Mg+2]. The van der Waals surface area contributed by atoms with Crippen LogP contribution in [0.2, 0.25) is 0 Å².